The minimum Gasteiger partial charge on any atom is -0.489 e. The van der Waals surface area contributed by atoms with Crippen LogP contribution in [0.5, 0.6) is 5.75 Å². The van der Waals surface area contributed by atoms with Crippen LogP contribution in [0.4, 0.5) is 5.69 Å². The van der Waals surface area contributed by atoms with Crippen molar-refractivity contribution in [3.05, 3.63) is 42.0 Å². The van der Waals surface area contributed by atoms with Crippen LogP contribution in [-0.4, -0.2) is 36.6 Å². The number of sulfonamides is 1. The third kappa shape index (κ3) is 2.14. The van der Waals surface area contributed by atoms with E-state index in [1.165, 1.54) is 9.10 Å². The summed E-state index contributed by atoms with van der Waals surface area (Å²) >= 11 is 0. The summed E-state index contributed by atoms with van der Waals surface area (Å²) in [5.74, 6) is 0.580. The van der Waals surface area contributed by atoms with Crippen molar-refractivity contribution in [2.45, 2.75) is 11.8 Å². The van der Waals surface area contributed by atoms with Crippen LogP contribution in [0.15, 0.2) is 41.3 Å². The number of hydrogen-bond donors (Lipinski definition) is 0. The highest BCUT2D eigenvalue weighted by Gasteiger charge is 2.33. The number of ether oxygens (including phenoxy) is 1. The summed E-state index contributed by atoms with van der Waals surface area (Å²) in [5.41, 5.74) is 2.37. The van der Waals surface area contributed by atoms with Crippen LogP contribution in [-0.2, 0) is 17.1 Å². The normalized spacial score (nSPS) is 14.5. The lowest BCUT2D eigenvalue weighted by Crippen LogP contribution is -2.38. The van der Waals surface area contributed by atoms with Crippen molar-refractivity contribution in [2.24, 2.45) is 7.05 Å². The van der Waals surface area contributed by atoms with Gasteiger partial charge in [0.2, 0.25) is 0 Å². The summed E-state index contributed by atoms with van der Waals surface area (Å²) in [6.07, 6.45) is 0. The molecule has 0 atom stereocenters. The first-order valence-electron chi connectivity index (χ1n) is 7.54. The number of fused-ring (bicyclic) bond motifs is 2. The number of benzene rings is 2. The van der Waals surface area contributed by atoms with Gasteiger partial charge in [0.1, 0.15) is 28.3 Å². The molecule has 2 heterocycles. The van der Waals surface area contributed by atoms with Gasteiger partial charge in [0.05, 0.1) is 12.2 Å². The summed E-state index contributed by atoms with van der Waals surface area (Å²) in [6.45, 7) is 2.45. The van der Waals surface area contributed by atoms with Gasteiger partial charge in [-0.25, -0.2) is 8.42 Å². The minimum absolute atomic E-state index is 0.157. The fourth-order valence-corrected chi connectivity index (χ4v) is 4.67. The zero-order valence-corrected chi connectivity index (χ0v) is 14.1. The maximum atomic E-state index is 13.3. The summed E-state index contributed by atoms with van der Waals surface area (Å²) in [5, 5.41) is 8.41. The predicted molar refractivity (Wildman–Crippen MR) is 89.7 cm³/mol. The average molecular weight is 344 g/mol. The quantitative estimate of drug-likeness (QED) is 0.709. The van der Waals surface area contributed by atoms with Crippen LogP contribution < -0.4 is 9.04 Å². The second kappa shape index (κ2) is 5.20. The van der Waals surface area contributed by atoms with E-state index in [0.717, 1.165) is 5.56 Å². The van der Waals surface area contributed by atoms with Crippen LogP contribution >= 0.6 is 0 Å². The van der Waals surface area contributed by atoms with E-state index >= 15 is 0 Å². The molecule has 1 aliphatic rings. The lowest BCUT2D eigenvalue weighted by Gasteiger charge is -2.31. The lowest BCUT2D eigenvalue weighted by molar-refractivity contribution is 0.315. The highest BCUT2D eigenvalue weighted by atomic mass is 32.2. The second-order valence-electron chi connectivity index (χ2n) is 5.66. The number of para-hydroxylation sites is 1. The summed E-state index contributed by atoms with van der Waals surface area (Å²) in [4.78, 5) is 1.53. The summed E-state index contributed by atoms with van der Waals surface area (Å²) in [6, 6.07) is 10.5. The third-order valence-corrected chi connectivity index (χ3v) is 5.88. The molecule has 24 heavy (non-hydrogen) atoms. The van der Waals surface area contributed by atoms with Crippen LogP contribution in [0.1, 0.15) is 5.56 Å². The Kier molecular flexibility index (Phi) is 3.24. The predicted octanol–water partition coefficient (Wildman–Crippen LogP) is 1.86. The van der Waals surface area contributed by atoms with Gasteiger partial charge in [0.15, 0.2) is 0 Å². The molecule has 0 saturated carbocycles. The second-order valence-corrected chi connectivity index (χ2v) is 7.49. The zero-order valence-electron chi connectivity index (χ0n) is 13.3. The molecule has 0 spiro atoms. The number of aromatic nitrogens is 3. The van der Waals surface area contributed by atoms with Crippen molar-refractivity contribution >= 4 is 26.7 Å². The number of rotatable bonds is 2. The fraction of sp³-hybridized carbons (Fsp3) is 0.250. The van der Waals surface area contributed by atoms with E-state index in [4.69, 9.17) is 4.74 Å². The van der Waals surface area contributed by atoms with Crippen LogP contribution in [0.3, 0.4) is 0 Å². The van der Waals surface area contributed by atoms with Crippen molar-refractivity contribution in [3.8, 4) is 5.75 Å². The first kappa shape index (κ1) is 14.9. The Hall–Kier alpha value is -2.61. The first-order chi connectivity index (χ1) is 11.5. The molecule has 0 unspecified atom stereocenters. The van der Waals surface area contributed by atoms with Crippen LogP contribution in [0.25, 0.3) is 11.0 Å². The van der Waals surface area contributed by atoms with Gasteiger partial charge in [-0.3, -0.25) is 4.31 Å². The maximum Gasteiger partial charge on any atom is 0.266 e. The van der Waals surface area contributed by atoms with Gasteiger partial charge in [-0.15, -0.1) is 0 Å². The Morgan fingerprint density at radius 2 is 1.92 bits per heavy atom. The Labute approximate surface area is 139 Å². The van der Waals surface area contributed by atoms with Gasteiger partial charge in [0.25, 0.3) is 10.0 Å². The largest absolute Gasteiger partial charge is 0.489 e. The summed E-state index contributed by atoms with van der Waals surface area (Å²) < 4.78 is 33.7. The van der Waals surface area contributed by atoms with Gasteiger partial charge in [0, 0.05) is 7.05 Å². The number of nitrogens with zero attached hydrogens (tertiary/aromatic N) is 4. The van der Waals surface area contributed by atoms with Crippen molar-refractivity contribution in [2.75, 3.05) is 17.5 Å². The van der Waals surface area contributed by atoms with Gasteiger partial charge in [-0.05, 0) is 30.7 Å². The molecule has 0 bridgehead atoms. The van der Waals surface area contributed by atoms with Gasteiger partial charge < -0.3 is 4.74 Å². The molecule has 1 aliphatic heterocycles. The van der Waals surface area contributed by atoms with Crippen molar-refractivity contribution in [3.63, 3.8) is 0 Å². The standard InChI is InChI=1S/C16H16N4O3S/c1-11-5-3-7-13-16(11)20(9-10-23-13)24(21,22)14-8-4-6-12-15(14)18-19(2)17-12/h3-8H,9-10H2,1-2H3. The van der Waals surface area contributed by atoms with Crippen molar-refractivity contribution in [1.29, 1.82) is 0 Å². The maximum absolute atomic E-state index is 13.3. The molecule has 0 amide bonds. The highest BCUT2D eigenvalue weighted by Crippen LogP contribution is 2.38. The molecule has 0 fully saturated rings. The van der Waals surface area contributed by atoms with E-state index < -0.39 is 10.0 Å². The average Bonchev–Trinajstić information content (AvgIpc) is 2.94. The van der Waals surface area contributed by atoms with E-state index in [2.05, 4.69) is 10.2 Å². The zero-order chi connectivity index (χ0) is 16.9. The molecule has 2 aromatic carbocycles. The molecule has 3 aromatic rings. The van der Waals surface area contributed by atoms with E-state index in [0.29, 0.717) is 29.1 Å². The molecule has 1 aromatic heterocycles. The van der Waals surface area contributed by atoms with E-state index in [1.54, 1.807) is 31.3 Å². The van der Waals surface area contributed by atoms with Crippen LogP contribution in [0.2, 0.25) is 0 Å². The SMILES string of the molecule is Cc1cccc2c1N(S(=O)(=O)c1cccc3nn(C)nc13)CCO2. The third-order valence-electron chi connectivity index (χ3n) is 4.05. The summed E-state index contributed by atoms with van der Waals surface area (Å²) in [7, 11) is -2.10. The van der Waals surface area contributed by atoms with Gasteiger partial charge in [-0.2, -0.15) is 15.0 Å². The monoisotopic (exact) mass is 344 g/mol. The Bertz CT molecular complexity index is 1040. The van der Waals surface area contributed by atoms with Crippen molar-refractivity contribution < 1.29 is 13.2 Å². The molecule has 0 saturated heterocycles. The molecule has 4 rings (SSSR count). The topological polar surface area (TPSA) is 77.3 Å². The Balaban J connectivity index is 1.94. The Morgan fingerprint density at radius 3 is 2.75 bits per heavy atom. The molecule has 0 aliphatic carbocycles. The van der Waals surface area contributed by atoms with E-state index in [1.807, 2.05) is 19.1 Å². The van der Waals surface area contributed by atoms with Gasteiger partial charge in [-0.1, -0.05) is 18.2 Å². The Morgan fingerprint density at radius 1 is 1.12 bits per heavy atom. The number of hydrogen-bond acceptors (Lipinski definition) is 5. The molecular formula is C16H16N4O3S. The van der Waals surface area contributed by atoms with E-state index in [9.17, 15) is 8.42 Å². The number of aryl methyl sites for hydroxylation is 2. The molecule has 0 N–H and O–H groups in total. The van der Waals surface area contributed by atoms with Crippen molar-refractivity contribution in [1.82, 2.24) is 15.0 Å². The fourth-order valence-electron chi connectivity index (χ4n) is 3.00. The smallest absolute Gasteiger partial charge is 0.266 e. The minimum atomic E-state index is -3.77. The van der Waals surface area contributed by atoms with E-state index in [-0.39, 0.29) is 11.4 Å². The first-order valence-corrected chi connectivity index (χ1v) is 8.98. The molecule has 7 nitrogen and oxygen atoms in total. The van der Waals surface area contributed by atoms with Gasteiger partial charge >= 0.3 is 0 Å². The molecular weight excluding hydrogens is 328 g/mol. The molecule has 8 heteroatoms. The molecule has 0 radical (unpaired) electrons. The highest BCUT2D eigenvalue weighted by molar-refractivity contribution is 7.93. The van der Waals surface area contributed by atoms with Crippen LogP contribution in [0, 0.1) is 6.92 Å². The lowest BCUT2D eigenvalue weighted by atomic mass is 10.1. The number of anilines is 1. The molecule has 124 valence electrons.